The highest BCUT2D eigenvalue weighted by molar-refractivity contribution is 5.97. The fourth-order valence-electron chi connectivity index (χ4n) is 8.01. The standard InChI is InChI=1S/C48H58/c1-12-13-17-33-26-31(2)38(28-33)44-42(48(9,10)11)30-39(34-18-15-14-16-19-34)43-37-25-24-36(47(6,7)8)29-40(37)41(45(43)44)27-32-20-22-35(23-21-32)46(3,4)5/h14-16,18-26,28-31,41H,12-13,17,27H2,1-11H3. The summed E-state index contributed by atoms with van der Waals surface area (Å²) in [6.45, 7) is 26.0. The molecule has 0 nitrogen and oxygen atoms in total. The van der Waals surface area contributed by atoms with Gasteiger partial charge in [-0.05, 0) is 108 Å². The first-order valence-corrected chi connectivity index (χ1v) is 18.5. The summed E-state index contributed by atoms with van der Waals surface area (Å²) < 4.78 is 0. The quantitative estimate of drug-likeness (QED) is 0.190. The molecular formula is C48H58. The maximum absolute atomic E-state index is 2.58. The number of hydrogen-bond acceptors (Lipinski definition) is 0. The maximum atomic E-state index is 2.58. The highest BCUT2D eigenvalue weighted by Gasteiger charge is 2.39. The van der Waals surface area contributed by atoms with Crippen LogP contribution in [0.2, 0.25) is 0 Å². The zero-order valence-electron chi connectivity index (χ0n) is 31.6. The first kappa shape index (κ1) is 34.2. The van der Waals surface area contributed by atoms with Crippen molar-refractivity contribution >= 4 is 5.57 Å². The molecule has 2 aliphatic rings. The Morgan fingerprint density at radius 1 is 0.646 bits per heavy atom. The molecule has 0 spiro atoms. The van der Waals surface area contributed by atoms with E-state index in [-0.39, 0.29) is 22.2 Å². The molecule has 2 aliphatic carbocycles. The fourth-order valence-corrected chi connectivity index (χ4v) is 8.01. The van der Waals surface area contributed by atoms with Crippen LogP contribution in [-0.2, 0) is 22.7 Å². The van der Waals surface area contributed by atoms with Crippen LogP contribution in [0, 0.1) is 5.92 Å². The largest absolute Gasteiger partial charge is 0.0740 e. The Kier molecular flexibility index (Phi) is 9.04. The molecule has 0 saturated heterocycles. The predicted molar refractivity (Wildman–Crippen MR) is 210 cm³/mol. The van der Waals surface area contributed by atoms with Crippen LogP contribution < -0.4 is 0 Å². The second-order valence-electron chi connectivity index (χ2n) is 17.7. The minimum atomic E-state index is -0.0229. The summed E-state index contributed by atoms with van der Waals surface area (Å²) in [5.74, 6) is 0.663. The van der Waals surface area contributed by atoms with Crippen LogP contribution in [-0.4, -0.2) is 0 Å². The van der Waals surface area contributed by atoms with E-state index in [4.69, 9.17) is 0 Å². The molecule has 2 atom stereocenters. The molecule has 48 heavy (non-hydrogen) atoms. The third-order valence-corrected chi connectivity index (χ3v) is 10.8. The molecule has 0 heterocycles. The zero-order valence-corrected chi connectivity index (χ0v) is 31.6. The summed E-state index contributed by atoms with van der Waals surface area (Å²) in [5.41, 5.74) is 19.0. The van der Waals surface area contributed by atoms with Gasteiger partial charge in [-0.3, -0.25) is 0 Å². The first-order chi connectivity index (χ1) is 22.6. The molecule has 6 rings (SSSR count). The van der Waals surface area contributed by atoms with Gasteiger partial charge in [-0.2, -0.15) is 0 Å². The van der Waals surface area contributed by atoms with Crippen molar-refractivity contribution < 1.29 is 0 Å². The second kappa shape index (κ2) is 12.7. The molecule has 0 saturated carbocycles. The van der Waals surface area contributed by atoms with Crippen molar-refractivity contribution in [2.45, 2.75) is 124 Å². The van der Waals surface area contributed by atoms with Gasteiger partial charge in [0.2, 0.25) is 0 Å². The van der Waals surface area contributed by atoms with Crippen molar-refractivity contribution in [3.8, 4) is 22.3 Å². The smallest absolute Gasteiger partial charge is 0.0148 e. The van der Waals surface area contributed by atoms with Crippen LogP contribution in [0.25, 0.3) is 27.8 Å². The van der Waals surface area contributed by atoms with E-state index < -0.39 is 0 Å². The van der Waals surface area contributed by atoms with E-state index in [1.807, 2.05) is 0 Å². The molecule has 4 aromatic rings. The molecule has 0 fully saturated rings. The second-order valence-corrected chi connectivity index (χ2v) is 17.7. The summed E-state index contributed by atoms with van der Waals surface area (Å²) in [7, 11) is 0. The van der Waals surface area contributed by atoms with E-state index in [0.717, 1.165) is 12.8 Å². The molecule has 250 valence electrons. The van der Waals surface area contributed by atoms with Crippen LogP contribution >= 0.6 is 0 Å². The first-order valence-electron chi connectivity index (χ1n) is 18.5. The minimum Gasteiger partial charge on any atom is -0.0740 e. The zero-order chi connectivity index (χ0) is 34.6. The van der Waals surface area contributed by atoms with E-state index in [2.05, 4.69) is 167 Å². The Hall–Kier alpha value is -3.64. The maximum Gasteiger partial charge on any atom is 0.0148 e. The molecule has 0 bridgehead atoms. The van der Waals surface area contributed by atoms with Crippen molar-refractivity contribution in [2.24, 2.45) is 5.92 Å². The van der Waals surface area contributed by atoms with E-state index >= 15 is 0 Å². The Morgan fingerprint density at radius 2 is 1.29 bits per heavy atom. The van der Waals surface area contributed by atoms with Gasteiger partial charge in [-0.1, -0.05) is 173 Å². The number of hydrogen-bond donors (Lipinski definition) is 0. The van der Waals surface area contributed by atoms with Gasteiger partial charge in [0.15, 0.2) is 0 Å². The van der Waals surface area contributed by atoms with Crippen molar-refractivity contribution in [1.29, 1.82) is 0 Å². The van der Waals surface area contributed by atoms with Gasteiger partial charge < -0.3 is 0 Å². The Bertz CT molecular complexity index is 1850. The predicted octanol–water partition coefficient (Wildman–Crippen LogP) is 13.8. The van der Waals surface area contributed by atoms with Gasteiger partial charge in [-0.25, -0.2) is 0 Å². The molecule has 0 aliphatic heterocycles. The Balaban J connectivity index is 1.68. The molecule has 0 N–H and O–H groups in total. The van der Waals surface area contributed by atoms with E-state index in [1.54, 1.807) is 5.56 Å². The fraction of sp³-hybridized carbons (Fsp3) is 0.417. The summed E-state index contributed by atoms with van der Waals surface area (Å²) >= 11 is 0. The lowest BCUT2D eigenvalue weighted by atomic mass is 9.73. The molecule has 0 heteroatoms. The summed E-state index contributed by atoms with van der Waals surface area (Å²) in [6, 6.07) is 30.7. The van der Waals surface area contributed by atoms with Crippen molar-refractivity contribution in [2.75, 3.05) is 0 Å². The van der Waals surface area contributed by atoms with Crippen molar-refractivity contribution in [3.63, 3.8) is 0 Å². The minimum absolute atomic E-state index is 0.0229. The lowest BCUT2D eigenvalue weighted by Gasteiger charge is -2.31. The third-order valence-electron chi connectivity index (χ3n) is 10.8. The Morgan fingerprint density at radius 3 is 1.90 bits per heavy atom. The number of allylic oxidation sites excluding steroid dienone is 4. The van der Waals surface area contributed by atoms with Crippen LogP contribution in [0.4, 0.5) is 0 Å². The van der Waals surface area contributed by atoms with E-state index in [9.17, 15) is 0 Å². The van der Waals surface area contributed by atoms with Crippen LogP contribution in [0.3, 0.4) is 0 Å². The highest BCUT2D eigenvalue weighted by Crippen LogP contribution is 2.57. The normalized spacial score (nSPS) is 17.6. The van der Waals surface area contributed by atoms with Crippen molar-refractivity contribution in [1.82, 2.24) is 0 Å². The molecule has 0 aromatic heterocycles. The van der Waals surface area contributed by atoms with Crippen LogP contribution in [0.5, 0.6) is 0 Å². The monoisotopic (exact) mass is 634 g/mol. The van der Waals surface area contributed by atoms with Gasteiger partial charge >= 0.3 is 0 Å². The van der Waals surface area contributed by atoms with Crippen molar-refractivity contribution in [3.05, 3.63) is 136 Å². The average molecular weight is 635 g/mol. The SMILES string of the molecule is CCCCC1=CC(C)C(c2c(C(C)(C)C)cc(-c3ccccc3)c3c2C(Cc2ccc(C(C)(C)C)cc2)c2cc(C(C)(C)C)ccc2-3)=C1. The lowest BCUT2D eigenvalue weighted by Crippen LogP contribution is -2.18. The highest BCUT2D eigenvalue weighted by atomic mass is 14.4. The van der Waals surface area contributed by atoms with Crippen LogP contribution in [0.1, 0.15) is 140 Å². The molecular weight excluding hydrogens is 577 g/mol. The van der Waals surface area contributed by atoms with Gasteiger partial charge in [0.05, 0.1) is 0 Å². The molecule has 0 radical (unpaired) electrons. The van der Waals surface area contributed by atoms with Gasteiger partial charge in [0.25, 0.3) is 0 Å². The molecule has 0 amide bonds. The number of unbranched alkanes of at least 4 members (excludes halogenated alkanes) is 1. The third kappa shape index (κ3) is 6.53. The van der Waals surface area contributed by atoms with E-state index in [1.165, 1.54) is 79.6 Å². The molecule has 4 aromatic carbocycles. The summed E-state index contributed by atoms with van der Waals surface area (Å²) in [4.78, 5) is 0. The average Bonchev–Trinajstić information content (AvgIpc) is 3.55. The number of benzene rings is 4. The molecule has 2 unspecified atom stereocenters. The van der Waals surface area contributed by atoms with E-state index in [0.29, 0.717) is 5.92 Å². The lowest BCUT2D eigenvalue weighted by molar-refractivity contribution is 0.585. The number of rotatable bonds is 7. The van der Waals surface area contributed by atoms with Gasteiger partial charge in [0, 0.05) is 11.8 Å². The van der Waals surface area contributed by atoms with Crippen LogP contribution in [0.15, 0.2) is 96.6 Å². The summed E-state index contributed by atoms with van der Waals surface area (Å²) in [6.07, 6.45) is 9.75. The summed E-state index contributed by atoms with van der Waals surface area (Å²) in [5, 5.41) is 0. The Labute approximate surface area is 292 Å². The van der Waals surface area contributed by atoms with Gasteiger partial charge in [0.1, 0.15) is 0 Å². The number of fused-ring (bicyclic) bond motifs is 3. The topological polar surface area (TPSA) is 0 Å². The van der Waals surface area contributed by atoms with Gasteiger partial charge in [-0.15, -0.1) is 0 Å².